The number of nitrogens with zero attached hydrogens (tertiary/aromatic N) is 3. The number of aromatic amines is 1. The van der Waals surface area contributed by atoms with Gasteiger partial charge in [-0.3, -0.25) is 19.4 Å². The number of likely N-dealkylation sites (N-methyl/N-ethyl adjacent to an activating group) is 1. The van der Waals surface area contributed by atoms with E-state index in [2.05, 4.69) is 64.2 Å². The smallest absolute Gasteiger partial charge is 0.344 e. The van der Waals surface area contributed by atoms with Crippen LogP contribution in [0, 0.1) is 11.3 Å². The fourth-order valence-corrected chi connectivity index (χ4v) is 12.7. The van der Waals surface area contributed by atoms with Gasteiger partial charge in [-0.1, -0.05) is 37.3 Å². The molecule has 292 valence electrons. The number of methoxy groups -OCH3 is 2. The average molecular weight is 753 g/mol. The first-order valence-corrected chi connectivity index (χ1v) is 19.8. The van der Waals surface area contributed by atoms with E-state index in [1.165, 1.54) is 19.6 Å². The number of carbonyl (C=O) groups is 3. The molecule has 3 fully saturated rings. The minimum absolute atomic E-state index is 0.0408. The van der Waals surface area contributed by atoms with Gasteiger partial charge >= 0.3 is 17.9 Å². The lowest BCUT2D eigenvalue weighted by Gasteiger charge is -2.63. The number of para-hydroxylation sites is 1. The van der Waals surface area contributed by atoms with E-state index >= 15 is 0 Å². The zero-order chi connectivity index (χ0) is 38.6. The Labute approximate surface area is 321 Å². The van der Waals surface area contributed by atoms with Crippen LogP contribution in [0.2, 0.25) is 0 Å². The fourth-order valence-electron chi connectivity index (χ4n) is 12.7. The number of anilines is 1. The molecule has 2 aliphatic carbocycles. The second-order valence-corrected chi connectivity index (χ2v) is 16.5. The monoisotopic (exact) mass is 752 g/mol. The first kappa shape index (κ1) is 36.3. The van der Waals surface area contributed by atoms with Crippen molar-refractivity contribution >= 4 is 34.5 Å². The van der Waals surface area contributed by atoms with Crippen molar-refractivity contribution in [1.82, 2.24) is 14.8 Å². The number of carbonyl (C=O) groups excluding carboxylic acids is 3. The quantitative estimate of drug-likeness (QED) is 0.190. The molecule has 2 aromatic carbocycles. The number of benzene rings is 2. The van der Waals surface area contributed by atoms with Crippen LogP contribution in [0.25, 0.3) is 10.9 Å². The Kier molecular flexibility index (Phi) is 8.45. The van der Waals surface area contributed by atoms with Crippen LogP contribution < -0.4 is 9.64 Å². The van der Waals surface area contributed by atoms with Gasteiger partial charge in [-0.25, -0.2) is 4.79 Å². The molecule has 1 saturated carbocycles. The van der Waals surface area contributed by atoms with Crippen LogP contribution in [0.15, 0.2) is 48.6 Å². The van der Waals surface area contributed by atoms with Crippen molar-refractivity contribution in [3.8, 4) is 5.75 Å². The SMILES string of the molecule is CCOC(=O)CN1CCC2CC1c1c([nH]c3ccccc13)C2c1cc2c(cc1OC)N(C)C1C(O)(C(=O)OC)C(OC(C)=O)C3(CC)C=CCN4CCC21C43. The number of ether oxygens (including phenoxy) is 4. The number of hydrogen-bond donors (Lipinski definition) is 2. The molecule has 2 bridgehead atoms. The van der Waals surface area contributed by atoms with Crippen molar-refractivity contribution in [3.05, 3.63) is 70.9 Å². The Bertz CT molecular complexity index is 2110. The molecule has 5 heterocycles. The van der Waals surface area contributed by atoms with E-state index in [0.29, 0.717) is 19.4 Å². The van der Waals surface area contributed by atoms with Crippen molar-refractivity contribution in [2.24, 2.45) is 11.3 Å². The molecular weight excluding hydrogens is 700 g/mol. The highest BCUT2D eigenvalue weighted by atomic mass is 16.6. The van der Waals surface area contributed by atoms with Crippen LogP contribution in [0.4, 0.5) is 5.69 Å². The van der Waals surface area contributed by atoms with Crippen molar-refractivity contribution in [2.45, 2.75) is 87.6 Å². The summed E-state index contributed by atoms with van der Waals surface area (Å²) in [5.74, 6) is -0.626. The standard InChI is InChI=1S/C43H52N4O8/c1-7-41-15-11-17-46-19-16-42(37(41)46)28-21-27(32(52-5)22-30(28)45(4)38(42)43(51,40(50)53-6)39(41)55-24(3)48)34-25-14-18-47(23-33(49)54-8-2)31(20-25)35-26-12-9-10-13-29(26)44-36(34)35/h9-13,15,21-22,25,31,34,37-39,44,51H,7-8,14,16-20,23H2,1-6H3. The topological polar surface area (TPSA) is 134 Å². The molecule has 12 nitrogen and oxygen atoms in total. The molecule has 4 aliphatic heterocycles. The first-order chi connectivity index (χ1) is 26.5. The van der Waals surface area contributed by atoms with Gasteiger partial charge in [0.2, 0.25) is 5.60 Å². The lowest BCUT2D eigenvalue weighted by Crippen LogP contribution is -2.81. The average Bonchev–Trinajstić information content (AvgIpc) is 3.84. The number of aliphatic hydroxyl groups is 1. The third-order valence-corrected chi connectivity index (χ3v) is 14.4. The zero-order valence-corrected chi connectivity index (χ0v) is 32.6. The summed E-state index contributed by atoms with van der Waals surface area (Å²) in [5.41, 5.74) is 2.62. The van der Waals surface area contributed by atoms with Gasteiger partial charge in [0.25, 0.3) is 0 Å². The summed E-state index contributed by atoms with van der Waals surface area (Å²) >= 11 is 0. The van der Waals surface area contributed by atoms with E-state index in [1.807, 2.05) is 24.9 Å². The molecule has 6 aliphatic rings. The summed E-state index contributed by atoms with van der Waals surface area (Å²) in [6.07, 6.45) is 6.00. The van der Waals surface area contributed by atoms with Gasteiger partial charge in [-0.2, -0.15) is 0 Å². The molecule has 1 spiro atoms. The third kappa shape index (κ3) is 4.70. The number of aromatic nitrogens is 1. The van der Waals surface area contributed by atoms with Gasteiger partial charge in [0.05, 0.1) is 33.4 Å². The Balaban J connectivity index is 1.26. The number of H-pyrrole nitrogens is 1. The van der Waals surface area contributed by atoms with E-state index in [9.17, 15) is 19.5 Å². The molecule has 3 aromatic rings. The molecule has 0 radical (unpaired) electrons. The number of hydrogen-bond acceptors (Lipinski definition) is 11. The predicted octanol–water partition coefficient (Wildman–Crippen LogP) is 4.58. The van der Waals surface area contributed by atoms with Gasteiger partial charge in [0.1, 0.15) is 5.75 Å². The molecule has 55 heavy (non-hydrogen) atoms. The van der Waals surface area contributed by atoms with E-state index in [1.54, 1.807) is 7.11 Å². The Morgan fingerprint density at radius 1 is 1.07 bits per heavy atom. The molecule has 9 rings (SSSR count). The Morgan fingerprint density at radius 2 is 1.87 bits per heavy atom. The second kappa shape index (κ2) is 12.8. The molecule has 12 heteroatoms. The maximum atomic E-state index is 14.2. The van der Waals surface area contributed by atoms with Crippen LogP contribution in [0.3, 0.4) is 0 Å². The number of rotatable bonds is 8. The number of nitrogens with one attached hydrogen (secondary N) is 1. The van der Waals surface area contributed by atoms with Crippen LogP contribution in [-0.2, 0) is 34.0 Å². The van der Waals surface area contributed by atoms with Crippen molar-refractivity contribution < 1.29 is 38.4 Å². The van der Waals surface area contributed by atoms with Gasteiger partial charge in [-0.15, -0.1) is 0 Å². The van der Waals surface area contributed by atoms with Crippen LogP contribution in [-0.4, -0.2) is 116 Å². The summed E-state index contributed by atoms with van der Waals surface area (Å²) in [7, 11) is 4.92. The van der Waals surface area contributed by atoms with Crippen LogP contribution in [0.1, 0.15) is 80.8 Å². The number of likely N-dealkylation sites (tertiary alicyclic amines) is 1. The van der Waals surface area contributed by atoms with E-state index in [-0.39, 0.29) is 36.4 Å². The molecule has 2 N–H and O–H groups in total. The first-order valence-electron chi connectivity index (χ1n) is 19.8. The largest absolute Gasteiger partial charge is 0.496 e. The maximum absolute atomic E-state index is 14.2. The lowest BCUT2D eigenvalue weighted by molar-refractivity contribution is -0.228. The number of piperidine rings is 1. The number of esters is 3. The molecule has 9 unspecified atom stereocenters. The molecular formula is C43H52N4O8. The summed E-state index contributed by atoms with van der Waals surface area (Å²) in [4.78, 5) is 50.6. The third-order valence-electron chi connectivity index (χ3n) is 14.4. The van der Waals surface area contributed by atoms with Crippen molar-refractivity contribution in [2.75, 3.05) is 59.0 Å². The summed E-state index contributed by atoms with van der Waals surface area (Å²) in [6, 6.07) is 11.9. The van der Waals surface area contributed by atoms with Gasteiger partial charge in [0.15, 0.2) is 6.10 Å². The van der Waals surface area contributed by atoms with Crippen LogP contribution >= 0.6 is 0 Å². The zero-order valence-electron chi connectivity index (χ0n) is 32.6. The molecule has 1 aromatic heterocycles. The van der Waals surface area contributed by atoms with Gasteiger partial charge < -0.3 is 33.9 Å². The van der Waals surface area contributed by atoms with Gasteiger partial charge in [0, 0.05) is 83.3 Å². The molecule has 9 atom stereocenters. The predicted molar refractivity (Wildman–Crippen MR) is 205 cm³/mol. The lowest BCUT2D eigenvalue weighted by atomic mass is 9.47. The Morgan fingerprint density at radius 3 is 2.60 bits per heavy atom. The maximum Gasteiger partial charge on any atom is 0.344 e. The van der Waals surface area contributed by atoms with E-state index in [0.717, 1.165) is 71.6 Å². The van der Waals surface area contributed by atoms with Gasteiger partial charge in [-0.05, 0) is 74.9 Å². The van der Waals surface area contributed by atoms with Crippen molar-refractivity contribution in [3.63, 3.8) is 0 Å². The van der Waals surface area contributed by atoms with E-state index < -0.39 is 40.5 Å². The highest BCUT2D eigenvalue weighted by molar-refractivity contribution is 5.88. The summed E-state index contributed by atoms with van der Waals surface area (Å²) in [5, 5.41) is 14.3. The highest BCUT2D eigenvalue weighted by Crippen LogP contribution is 2.68. The summed E-state index contributed by atoms with van der Waals surface area (Å²) < 4.78 is 23.3. The molecule has 2 saturated heterocycles. The number of fused-ring (bicyclic) bond motifs is 7. The van der Waals surface area contributed by atoms with Crippen molar-refractivity contribution in [1.29, 1.82) is 0 Å². The second-order valence-electron chi connectivity index (χ2n) is 16.5. The Hall–Kier alpha value is -4.39. The molecule has 0 amide bonds. The minimum Gasteiger partial charge on any atom is -0.496 e. The highest BCUT2D eigenvalue weighted by Gasteiger charge is 2.80. The summed E-state index contributed by atoms with van der Waals surface area (Å²) in [6.45, 7) is 8.06. The van der Waals surface area contributed by atoms with E-state index in [4.69, 9.17) is 18.9 Å². The van der Waals surface area contributed by atoms with Crippen LogP contribution in [0.5, 0.6) is 5.75 Å². The minimum atomic E-state index is -2.19. The normalized spacial score (nSPS) is 34.4. The fraction of sp³-hybridized carbons (Fsp3) is 0.558.